The molecule has 19 heavy (non-hydrogen) atoms. The number of carbonyl (C=O) groups is 1. The number of tetrazole rings is 1. The highest BCUT2D eigenvalue weighted by molar-refractivity contribution is 5.90. The molecule has 7 heteroatoms. The van der Waals surface area contributed by atoms with E-state index in [4.69, 9.17) is 0 Å². The average molecular weight is 260 g/mol. The Morgan fingerprint density at radius 1 is 1.32 bits per heavy atom. The third-order valence-electron chi connectivity index (χ3n) is 2.60. The molecule has 0 spiro atoms. The molecule has 2 aromatic rings. The minimum atomic E-state index is 0.0189. The van der Waals surface area contributed by atoms with Crippen LogP contribution >= 0.6 is 0 Å². The molecule has 1 heterocycles. The normalized spacial score (nSPS) is 10.4. The van der Waals surface area contributed by atoms with Gasteiger partial charge in [-0.25, -0.2) is 4.68 Å². The largest absolute Gasteiger partial charge is 0.326 e. The molecular weight excluding hydrogens is 244 g/mol. The molecule has 2 rings (SSSR count). The van der Waals surface area contributed by atoms with E-state index in [1.165, 1.54) is 6.33 Å². The highest BCUT2D eigenvalue weighted by atomic mass is 16.1. The third-order valence-corrected chi connectivity index (χ3v) is 2.60. The SMILES string of the molecule is CNCCCC(=O)Nc1ccc(-n2cnnn2)cc1. The van der Waals surface area contributed by atoms with Crippen molar-refractivity contribution in [3.05, 3.63) is 30.6 Å². The summed E-state index contributed by atoms with van der Waals surface area (Å²) in [6.07, 6.45) is 2.85. The van der Waals surface area contributed by atoms with Crippen LogP contribution in [0, 0.1) is 0 Å². The summed E-state index contributed by atoms with van der Waals surface area (Å²) in [7, 11) is 1.87. The number of carbonyl (C=O) groups excluding carboxylic acids is 1. The number of nitrogens with one attached hydrogen (secondary N) is 2. The van der Waals surface area contributed by atoms with E-state index in [1.54, 1.807) is 4.68 Å². The van der Waals surface area contributed by atoms with Crippen molar-refractivity contribution >= 4 is 11.6 Å². The molecule has 0 aliphatic carbocycles. The molecule has 0 radical (unpaired) electrons. The number of aromatic nitrogens is 4. The summed E-state index contributed by atoms with van der Waals surface area (Å²) in [5, 5.41) is 16.8. The molecule has 1 aromatic heterocycles. The summed E-state index contributed by atoms with van der Waals surface area (Å²) in [6, 6.07) is 7.35. The van der Waals surface area contributed by atoms with E-state index in [9.17, 15) is 4.79 Å². The van der Waals surface area contributed by atoms with Crippen molar-refractivity contribution < 1.29 is 4.79 Å². The van der Waals surface area contributed by atoms with Crippen LogP contribution in [-0.2, 0) is 4.79 Å². The van der Waals surface area contributed by atoms with Crippen LogP contribution in [-0.4, -0.2) is 39.7 Å². The Labute approximate surface area is 111 Å². The monoisotopic (exact) mass is 260 g/mol. The highest BCUT2D eigenvalue weighted by Gasteiger charge is 2.03. The molecule has 0 saturated heterocycles. The van der Waals surface area contributed by atoms with Crippen LogP contribution in [0.2, 0.25) is 0 Å². The lowest BCUT2D eigenvalue weighted by atomic mass is 10.2. The van der Waals surface area contributed by atoms with Gasteiger partial charge in [0.15, 0.2) is 0 Å². The van der Waals surface area contributed by atoms with Crippen LogP contribution in [0.15, 0.2) is 30.6 Å². The van der Waals surface area contributed by atoms with E-state index in [0.29, 0.717) is 6.42 Å². The maximum Gasteiger partial charge on any atom is 0.224 e. The first kappa shape index (κ1) is 13.2. The first-order valence-corrected chi connectivity index (χ1v) is 6.07. The first-order valence-electron chi connectivity index (χ1n) is 6.07. The molecule has 0 bridgehead atoms. The fraction of sp³-hybridized carbons (Fsp3) is 0.333. The van der Waals surface area contributed by atoms with Crippen molar-refractivity contribution in [2.24, 2.45) is 0 Å². The molecule has 100 valence electrons. The fourth-order valence-corrected chi connectivity index (χ4v) is 1.63. The highest BCUT2D eigenvalue weighted by Crippen LogP contribution is 2.12. The Hall–Kier alpha value is -2.28. The summed E-state index contributed by atoms with van der Waals surface area (Å²) in [5.41, 5.74) is 1.62. The average Bonchev–Trinajstić information content (AvgIpc) is 2.94. The van der Waals surface area contributed by atoms with Gasteiger partial charge in [0, 0.05) is 12.1 Å². The van der Waals surface area contributed by atoms with Gasteiger partial charge in [-0.2, -0.15) is 0 Å². The van der Waals surface area contributed by atoms with Gasteiger partial charge in [-0.3, -0.25) is 4.79 Å². The van der Waals surface area contributed by atoms with E-state index < -0.39 is 0 Å². The number of amides is 1. The predicted molar refractivity (Wildman–Crippen MR) is 70.9 cm³/mol. The van der Waals surface area contributed by atoms with Gasteiger partial charge in [-0.15, -0.1) is 5.10 Å². The van der Waals surface area contributed by atoms with E-state index >= 15 is 0 Å². The van der Waals surface area contributed by atoms with Crippen LogP contribution in [0.1, 0.15) is 12.8 Å². The molecule has 0 saturated carbocycles. The summed E-state index contributed by atoms with van der Waals surface area (Å²) < 4.78 is 1.55. The molecule has 1 aromatic carbocycles. The molecule has 0 unspecified atom stereocenters. The number of anilines is 1. The molecule has 0 aliphatic heterocycles. The quantitative estimate of drug-likeness (QED) is 0.743. The van der Waals surface area contributed by atoms with Gasteiger partial charge in [0.25, 0.3) is 0 Å². The minimum absolute atomic E-state index is 0.0189. The lowest BCUT2D eigenvalue weighted by molar-refractivity contribution is -0.116. The third kappa shape index (κ3) is 3.85. The van der Waals surface area contributed by atoms with Crippen molar-refractivity contribution in [2.45, 2.75) is 12.8 Å². The molecule has 2 N–H and O–H groups in total. The summed E-state index contributed by atoms with van der Waals surface area (Å²) >= 11 is 0. The second kappa shape index (κ2) is 6.60. The maximum atomic E-state index is 11.6. The Kier molecular flexibility index (Phi) is 4.57. The van der Waals surface area contributed by atoms with Crippen LogP contribution in [0.5, 0.6) is 0 Å². The fourth-order valence-electron chi connectivity index (χ4n) is 1.63. The van der Waals surface area contributed by atoms with Crippen LogP contribution in [0.4, 0.5) is 5.69 Å². The number of nitrogens with zero attached hydrogens (tertiary/aromatic N) is 4. The van der Waals surface area contributed by atoms with E-state index in [2.05, 4.69) is 26.2 Å². The van der Waals surface area contributed by atoms with Crippen molar-refractivity contribution in [1.29, 1.82) is 0 Å². The van der Waals surface area contributed by atoms with Gasteiger partial charge in [0.1, 0.15) is 6.33 Å². The zero-order valence-corrected chi connectivity index (χ0v) is 10.7. The Morgan fingerprint density at radius 2 is 2.11 bits per heavy atom. The molecule has 0 aliphatic rings. The van der Waals surface area contributed by atoms with Crippen LogP contribution in [0.25, 0.3) is 5.69 Å². The van der Waals surface area contributed by atoms with Crippen molar-refractivity contribution in [2.75, 3.05) is 18.9 Å². The second-order valence-corrected chi connectivity index (χ2v) is 4.06. The lowest BCUT2D eigenvalue weighted by Gasteiger charge is -2.06. The summed E-state index contributed by atoms with van der Waals surface area (Å²) in [5.74, 6) is 0.0189. The second-order valence-electron chi connectivity index (χ2n) is 4.06. The van der Waals surface area contributed by atoms with Gasteiger partial charge in [-0.05, 0) is 54.7 Å². The maximum absolute atomic E-state index is 11.6. The van der Waals surface area contributed by atoms with Gasteiger partial charge >= 0.3 is 0 Å². The summed E-state index contributed by atoms with van der Waals surface area (Å²) in [4.78, 5) is 11.6. The smallest absolute Gasteiger partial charge is 0.224 e. The van der Waals surface area contributed by atoms with E-state index in [-0.39, 0.29) is 5.91 Å². The van der Waals surface area contributed by atoms with Crippen molar-refractivity contribution in [1.82, 2.24) is 25.5 Å². The van der Waals surface area contributed by atoms with E-state index in [1.807, 2.05) is 31.3 Å². The molecule has 1 amide bonds. The summed E-state index contributed by atoms with van der Waals surface area (Å²) in [6.45, 7) is 0.839. The van der Waals surface area contributed by atoms with Gasteiger partial charge in [0.2, 0.25) is 5.91 Å². The van der Waals surface area contributed by atoms with Gasteiger partial charge < -0.3 is 10.6 Å². The Bertz CT molecular complexity index is 508. The van der Waals surface area contributed by atoms with Crippen molar-refractivity contribution in [3.8, 4) is 5.69 Å². The van der Waals surface area contributed by atoms with Crippen LogP contribution < -0.4 is 10.6 Å². The number of hydrogen-bond acceptors (Lipinski definition) is 5. The van der Waals surface area contributed by atoms with Gasteiger partial charge in [-0.1, -0.05) is 0 Å². The minimum Gasteiger partial charge on any atom is -0.326 e. The molecule has 7 nitrogen and oxygen atoms in total. The predicted octanol–water partition coefficient (Wildman–Crippen LogP) is 0.600. The molecule has 0 fully saturated rings. The Morgan fingerprint density at radius 3 is 2.74 bits per heavy atom. The standard InChI is InChI=1S/C12H16N6O/c1-13-8-2-3-12(19)15-10-4-6-11(7-5-10)18-9-14-16-17-18/h4-7,9,13H,2-3,8H2,1H3,(H,15,19). The van der Waals surface area contributed by atoms with Crippen LogP contribution in [0.3, 0.4) is 0 Å². The first-order chi connectivity index (χ1) is 9.29. The van der Waals surface area contributed by atoms with E-state index in [0.717, 1.165) is 24.3 Å². The van der Waals surface area contributed by atoms with Crippen molar-refractivity contribution in [3.63, 3.8) is 0 Å². The lowest BCUT2D eigenvalue weighted by Crippen LogP contribution is -2.15. The number of rotatable bonds is 6. The number of hydrogen-bond donors (Lipinski definition) is 2. The zero-order chi connectivity index (χ0) is 13.5. The molecule has 0 atom stereocenters. The van der Waals surface area contributed by atoms with Gasteiger partial charge in [0.05, 0.1) is 5.69 Å². The zero-order valence-electron chi connectivity index (χ0n) is 10.7. The topological polar surface area (TPSA) is 84.7 Å². The molecular formula is C12H16N6O. The Balaban J connectivity index is 1.90. The number of benzene rings is 1.